The minimum Gasteiger partial charge on any atom is -0.493 e. The summed E-state index contributed by atoms with van der Waals surface area (Å²) in [6, 6.07) is 10.4. The van der Waals surface area contributed by atoms with Crippen molar-refractivity contribution in [1.29, 1.82) is 0 Å². The number of non-ortho nitro benzene ring substituents is 1. The summed E-state index contributed by atoms with van der Waals surface area (Å²) in [5.74, 6) is 0.927. The predicted octanol–water partition coefficient (Wildman–Crippen LogP) is 3.75. The van der Waals surface area contributed by atoms with Crippen molar-refractivity contribution in [3.63, 3.8) is 0 Å². The van der Waals surface area contributed by atoms with Crippen LogP contribution in [0.5, 0.6) is 11.5 Å². The summed E-state index contributed by atoms with van der Waals surface area (Å²) in [5.41, 5.74) is 1.52. The van der Waals surface area contributed by atoms with Crippen LogP contribution >= 0.6 is 11.3 Å². The van der Waals surface area contributed by atoms with Gasteiger partial charge in [0.1, 0.15) is 0 Å². The Bertz CT molecular complexity index is 1620. The predicted molar refractivity (Wildman–Crippen MR) is 147 cm³/mol. The number of benzene rings is 2. The molecule has 11 heteroatoms. The molecule has 1 aromatic heterocycles. The number of fused-ring (bicyclic) bond motifs is 1. The van der Waals surface area contributed by atoms with Crippen molar-refractivity contribution in [3.05, 3.63) is 94.7 Å². The van der Waals surface area contributed by atoms with Gasteiger partial charge in [-0.2, -0.15) is 0 Å². The zero-order chi connectivity index (χ0) is 28.3. The molecule has 1 atom stereocenters. The molecule has 2 aromatic carbocycles. The number of ether oxygens (including phenoxy) is 3. The highest BCUT2D eigenvalue weighted by Crippen LogP contribution is 2.36. The van der Waals surface area contributed by atoms with Crippen LogP contribution in [0.3, 0.4) is 0 Å². The highest BCUT2D eigenvalue weighted by atomic mass is 32.1. The number of nitrogens with zero attached hydrogens (tertiary/aromatic N) is 3. The van der Waals surface area contributed by atoms with Gasteiger partial charge in [0.2, 0.25) is 0 Å². The lowest BCUT2D eigenvalue weighted by molar-refractivity contribution is -0.384. The number of esters is 1. The molecular weight excluding hydrogens is 522 g/mol. The minimum absolute atomic E-state index is 0.0439. The van der Waals surface area contributed by atoms with Crippen molar-refractivity contribution in [2.24, 2.45) is 10.9 Å². The number of hydrogen-bond donors (Lipinski definition) is 0. The second kappa shape index (κ2) is 11.6. The number of aromatic nitrogens is 1. The first-order valence-electron chi connectivity index (χ1n) is 12.3. The number of methoxy groups -OCH3 is 2. The largest absolute Gasteiger partial charge is 0.493 e. The Morgan fingerprint density at radius 2 is 1.90 bits per heavy atom. The topological polar surface area (TPSA) is 122 Å². The number of carbonyl (C=O) groups is 1. The molecule has 4 rings (SSSR count). The van der Waals surface area contributed by atoms with Gasteiger partial charge in [-0.05, 0) is 60.7 Å². The second-order valence-electron chi connectivity index (χ2n) is 9.36. The smallest absolute Gasteiger partial charge is 0.338 e. The molecule has 0 spiro atoms. The summed E-state index contributed by atoms with van der Waals surface area (Å²) < 4.78 is 18.4. The van der Waals surface area contributed by atoms with Crippen molar-refractivity contribution in [2.45, 2.75) is 33.2 Å². The Hall–Kier alpha value is -4.25. The molecule has 204 valence electrons. The van der Waals surface area contributed by atoms with Crippen molar-refractivity contribution in [1.82, 2.24) is 4.57 Å². The van der Waals surface area contributed by atoms with Crippen molar-refractivity contribution in [3.8, 4) is 11.5 Å². The SMILES string of the molecule is COC(=O)C1=C(C)N=c2s/c(=C\c3ccc([N+](=O)[O-])cc3)c(=O)n2C1c1ccc(OCCC(C)C)c(OC)c1. The van der Waals surface area contributed by atoms with Crippen LogP contribution in [-0.4, -0.2) is 36.3 Å². The molecule has 3 aromatic rings. The lowest BCUT2D eigenvalue weighted by Gasteiger charge is -2.25. The van der Waals surface area contributed by atoms with E-state index in [4.69, 9.17) is 14.2 Å². The monoisotopic (exact) mass is 551 g/mol. The van der Waals surface area contributed by atoms with Gasteiger partial charge in [0, 0.05) is 12.1 Å². The molecule has 39 heavy (non-hydrogen) atoms. The number of nitro benzene ring substituents is 1. The van der Waals surface area contributed by atoms with Crippen molar-refractivity contribution < 1.29 is 23.9 Å². The third kappa shape index (κ3) is 5.78. The van der Waals surface area contributed by atoms with Gasteiger partial charge in [0.25, 0.3) is 11.2 Å². The van der Waals surface area contributed by atoms with Crippen molar-refractivity contribution in [2.75, 3.05) is 20.8 Å². The standard InChI is InChI=1S/C28H29N3O7S/c1-16(2)12-13-38-21-11-8-19(15-22(21)36-4)25-24(27(33)37-5)17(3)29-28-30(25)26(32)23(39-28)14-18-6-9-20(10-7-18)31(34)35/h6-11,14-16,25H,12-13H2,1-5H3/b23-14-. The maximum atomic E-state index is 13.7. The minimum atomic E-state index is -0.814. The molecule has 0 radical (unpaired) electrons. The fourth-order valence-electron chi connectivity index (χ4n) is 4.23. The third-order valence-corrected chi connectivity index (χ3v) is 7.27. The van der Waals surface area contributed by atoms with Gasteiger partial charge in [-0.3, -0.25) is 19.5 Å². The van der Waals surface area contributed by atoms with Gasteiger partial charge in [0.05, 0.1) is 47.6 Å². The van der Waals surface area contributed by atoms with Crippen LogP contribution in [0, 0.1) is 16.0 Å². The maximum Gasteiger partial charge on any atom is 0.338 e. The molecule has 0 fully saturated rings. The van der Waals surface area contributed by atoms with E-state index in [2.05, 4.69) is 18.8 Å². The van der Waals surface area contributed by atoms with Gasteiger partial charge in [-0.15, -0.1) is 0 Å². The maximum absolute atomic E-state index is 13.7. The molecule has 1 aliphatic rings. The zero-order valence-corrected chi connectivity index (χ0v) is 23.1. The van der Waals surface area contributed by atoms with E-state index in [9.17, 15) is 19.7 Å². The highest BCUT2D eigenvalue weighted by Gasteiger charge is 2.33. The molecule has 1 unspecified atom stereocenters. The number of nitro groups is 1. The van der Waals surface area contributed by atoms with E-state index >= 15 is 0 Å². The van der Waals surface area contributed by atoms with E-state index in [-0.39, 0.29) is 16.8 Å². The van der Waals surface area contributed by atoms with E-state index in [1.54, 1.807) is 43.3 Å². The molecule has 10 nitrogen and oxygen atoms in total. The van der Waals surface area contributed by atoms with E-state index in [0.29, 0.717) is 50.2 Å². The summed E-state index contributed by atoms with van der Waals surface area (Å²) >= 11 is 1.17. The van der Waals surface area contributed by atoms with Crippen molar-refractivity contribution >= 4 is 29.1 Å². The molecule has 0 saturated heterocycles. The molecule has 0 amide bonds. The van der Waals surface area contributed by atoms with Gasteiger partial charge >= 0.3 is 5.97 Å². The number of allylic oxidation sites excluding steroid dienone is 1. The van der Waals surface area contributed by atoms with Crippen LogP contribution < -0.4 is 24.4 Å². The van der Waals surface area contributed by atoms with Crippen LogP contribution in [0.15, 0.2) is 63.5 Å². The first kappa shape index (κ1) is 27.8. The second-order valence-corrected chi connectivity index (χ2v) is 10.4. The zero-order valence-electron chi connectivity index (χ0n) is 22.3. The van der Waals surface area contributed by atoms with Gasteiger partial charge in [-0.1, -0.05) is 31.3 Å². The first-order valence-corrected chi connectivity index (χ1v) is 13.1. The fraction of sp³-hybridized carbons (Fsp3) is 0.321. The fourth-order valence-corrected chi connectivity index (χ4v) is 5.28. The average Bonchev–Trinajstić information content (AvgIpc) is 3.21. The van der Waals surface area contributed by atoms with E-state index in [0.717, 1.165) is 6.42 Å². The molecule has 0 saturated carbocycles. The lowest BCUT2D eigenvalue weighted by Crippen LogP contribution is -2.39. The summed E-state index contributed by atoms with van der Waals surface area (Å²) in [5, 5.41) is 11.0. The number of thiazole rings is 1. The molecule has 0 bridgehead atoms. The number of hydrogen-bond acceptors (Lipinski definition) is 9. The Kier molecular flexibility index (Phi) is 8.29. The average molecular weight is 552 g/mol. The number of rotatable bonds is 9. The Morgan fingerprint density at radius 3 is 2.51 bits per heavy atom. The summed E-state index contributed by atoms with van der Waals surface area (Å²) in [6.45, 7) is 6.46. The van der Waals surface area contributed by atoms with Crippen LogP contribution in [0.4, 0.5) is 5.69 Å². The number of carbonyl (C=O) groups excluding carboxylic acids is 1. The van der Waals surface area contributed by atoms with E-state index in [1.807, 2.05) is 0 Å². The van der Waals surface area contributed by atoms with E-state index in [1.165, 1.54) is 42.3 Å². The molecule has 1 aliphatic heterocycles. The Morgan fingerprint density at radius 1 is 1.18 bits per heavy atom. The quantitative estimate of drug-likeness (QED) is 0.225. The lowest BCUT2D eigenvalue weighted by atomic mass is 9.95. The van der Waals surface area contributed by atoms with E-state index < -0.39 is 16.9 Å². The van der Waals surface area contributed by atoms with Crippen LogP contribution in [0.1, 0.15) is 44.4 Å². The van der Waals surface area contributed by atoms with Gasteiger partial charge in [0.15, 0.2) is 16.3 Å². The molecule has 2 heterocycles. The Labute approximate surface area is 228 Å². The molecule has 0 aliphatic carbocycles. The third-order valence-electron chi connectivity index (χ3n) is 6.28. The summed E-state index contributed by atoms with van der Waals surface area (Å²) in [4.78, 5) is 42.1. The van der Waals surface area contributed by atoms with Crippen LogP contribution in [-0.2, 0) is 9.53 Å². The molecule has 0 N–H and O–H groups in total. The normalized spacial score (nSPS) is 15.1. The van der Waals surface area contributed by atoms with Crippen LogP contribution in [0.25, 0.3) is 6.08 Å². The van der Waals surface area contributed by atoms with Gasteiger partial charge < -0.3 is 14.2 Å². The first-order chi connectivity index (χ1) is 18.6. The Balaban J connectivity index is 1.84. The van der Waals surface area contributed by atoms with Crippen LogP contribution in [0.2, 0.25) is 0 Å². The summed E-state index contributed by atoms with van der Waals surface area (Å²) in [6.07, 6.45) is 2.53. The highest BCUT2D eigenvalue weighted by molar-refractivity contribution is 7.07. The summed E-state index contributed by atoms with van der Waals surface area (Å²) in [7, 11) is 2.82. The molecular formula is C28H29N3O7S. The van der Waals surface area contributed by atoms with Gasteiger partial charge in [-0.25, -0.2) is 9.79 Å².